The van der Waals surface area contributed by atoms with Crippen molar-refractivity contribution in [1.29, 1.82) is 0 Å². The number of thiazole rings is 1. The second kappa shape index (κ2) is 11.7. The van der Waals surface area contributed by atoms with Gasteiger partial charge in [-0.3, -0.25) is 9.59 Å². The van der Waals surface area contributed by atoms with E-state index in [0.717, 1.165) is 11.3 Å². The molecule has 0 saturated heterocycles. The molecule has 32 heavy (non-hydrogen) atoms. The predicted molar refractivity (Wildman–Crippen MR) is 125 cm³/mol. The average molecular weight is 477 g/mol. The van der Waals surface area contributed by atoms with Crippen molar-refractivity contribution in [2.24, 2.45) is 0 Å². The molecule has 8 nitrogen and oxygen atoms in total. The van der Waals surface area contributed by atoms with E-state index < -0.39 is 0 Å². The molecule has 0 saturated carbocycles. The summed E-state index contributed by atoms with van der Waals surface area (Å²) in [6.07, 6.45) is 1.71. The van der Waals surface area contributed by atoms with Gasteiger partial charge in [0.05, 0.1) is 19.4 Å². The number of methoxy groups -OCH3 is 1. The van der Waals surface area contributed by atoms with Gasteiger partial charge in [0.15, 0.2) is 5.13 Å². The monoisotopic (exact) mass is 476 g/mol. The van der Waals surface area contributed by atoms with E-state index in [-0.39, 0.29) is 31.3 Å². The fraction of sp³-hybridized carbons (Fsp3) is 0.318. The summed E-state index contributed by atoms with van der Waals surface area (Å²) in [5.74, 6) is 0.191. The lowest BCUT2D eigenvalue weighted by Gasteiger charge is -2.20. The molecule has 0 fully saturated rings. The molecule has 2 amide bonds. The second-order valence-electron chi connectivity index (χ2n) is 7.02. The molecule has 3 rings (SSSR count). The lowest BCUT2D eigenvalue weighted by Crippen LogP contribution is -2.35. The summed E-state index contributed by atoms with van der Waals surface area (Å²) in [6, 6.07) is 9.08. The molecule has 0 aliphatic carbocycles. The van der Waals surface area contributed by atoms with Gasteiger partial charge < -0.3 is 24.7 Å². The van der Waals surface area contributed by atoms with Crippen LogP contribution in [-0.2, 0) is 16.1 Å². The molecular weight excluding hydrogens is 452 g/mol. The number of aryl methyl sites for hydroxylation is 1. The highest BCUT2D eigenvalue weighted by molar-refractivity contribution is 7.14. The Labute approximate surface area is 195 Å². The SMILES string of the molecule is COCCNC(=O)CCN(Cc1ccco1)C(=O)c1csc(Nc2cc(Cl)ccc2C)n1. The zero-order chi connectivity index (χ0) is 22.9. The number of halogens is 1. The molecule has 10 heteroatoms. The molecular formula is C22H25ClN4O4S. The Bertz CT molecular complexity index is 1040. The molecule has 0 atom stereocenters. The number of carbonyl (C=O) groups excluding carboxylic acids is 2. The highest BCUT2D eigenvalue weighted by Crippen LogP contribution is 2.26. The Morgan fingerprint density at radius 3 is 2.91 bits per heavy atom. The third-order valence-electron chi connectivity index (χ3n) is 4.62. The average Bonchev–Trinajstić information content (AvgIpc) is 3.45. The van der Waals surface area contributed by atoms with Crippen LogP contribution < -0.4 is 10.6 Å². The van der Waals surface area contributed by atoms with Crippen LogP contribution in [0, 0.1) is 6.92 Å². The van der Waals surface area contributed by atoms with E-state index in [4.69, 9.17) is 20.8 Å². The Kier molecular flexibility index (Phi) is 8.66. The van der Waals surface area contributed by atoms with Crippen LogP contribution in [0.5, 0.6) is 0 Å². The molecule has 1 aromatic carbocycles. The summed E-state index contributed by atoms with van der Waals surface area (Å²) < 4.78 is 10.3. The third kappa shape index (κ3) is 6.81. The summed E-state index contributed by atoms with van der Waals surface area (Å²) in [6.45, 7) is 3.28. The van der Waals surface area contributed by atoms with Gasteiger partial charge in [0.2, 0.25) is 5.91 Å². The van der Waals surface area contributed by atoms with E-state index in [1.807, 2.05) is 25.1 Å². The van der Waals surface area contributed by atoms with Crippen LogP contribution in [0.1, 0.15) is 28.2 Å². The number of nitrogens with zero attached hydrogens (tertiary/aromatic N) is 2. The third-order valence-corrected chi connectivity index (χ3v) is 5.61. The number of amides is 2. The van der Waals surface area contributed by atoms with E-state index in [0.29, 0.717) is 34.8 Å². The van der Waals surface area contributed by atoms with Crippen molar-refractivity contribution in [3.8, 4) is 0 Å². The molecule has 2 N–H and O–H groups in total. The number of nitrogens with one attached hydrogen (secondary N) is 2. The fourth-order valence-electron chi connectivity index (χ4n) is 2.90. The number of anilines is 2. The van der Waals surface area contributed by atoms with Crippen LogP contribution in [-0.4, -0.2) is 48.5 Å². The first-order valence-corrected chi connectivity index (χ1v) is 11.3. The maximum Gasteiger partial charge on any atom is 0.273 e. The van der Waals surface area contributed by atoms with E-state index in [2.05, 4.69) is 15.6 Å². The van der Waals surface area contributed by atoms with Crippen LogP contribution in [0.15, 0.2) is 46.4 Å². The number of hydrogen-bond donors (Lipinski definition) is 2. The van der Waals surface area contributed by atoms with Gasteiger partial charge in [-0.05, 0) is 36.8 Å². The minimum Gasteiger partial charge on any atom is -0.467 e. The van der Waals surface area contributed by atoms with Crippen LogP contribution in [0.3, 0.4) is 0 Å². The van der Waals surface area contributed by atoms with Crippen LogP contribution in [0.2, 0.25) is 5.02 Å². The first-order chi connectivity index (χ1) is 15.5. The Morgan fingerprint density at radius 1 is 1.31 bits per heavy atom. The van der Waals surface area contributed by atoms with E-state index in [9.17, 15) is 9.59 Å². The first-order valence-electron chi connectivity index (χ1n) is 10.0. The highest BCUT2D eigenvalue weighted by Gasteiger charge is 2.21. The van der Waals surface area contributed by atoms with Gasteiger partial charge in [0.1, 0.15) is 11.5 Å². The van der Waals surface area contributed by atoms with Crippen LogP contribution in [0.25, 0.3) is 0 Å². The molecule has 3 aromatic rings. The van der Waals surface area contributed by atoms with Gasteiger partial charge in [-0.2, -0.15) is 0 Å². The minimum absolute atomic E-state index is 0.156. The van der Waals surface area contributed by atoms with E-state index in [1.54, 1.807) is 35.8 Å². The number of aromatic nitrogens is 1. The molecule has 2 heterocycles. The van der Waals surface area contributed by atoms with Gasteiger partial charge in [-0.25, -0.2) is 4.98 Å². The molecule has 2 aromatic heterocycles. The summed E-state index contributed by atoms with van der Waals surface area (Å²) in [4.78, 5) is 31.2. The number of benzene rings is 1. The molecule has 0 aliphatic heterocycles. The number of furan rings is 1. The van der Waals surface area contributed by atoms with Crippen molar-refractivity contribution in [3.63, 3.8) is 0 Å². The fourth-order valence-corrected chi connectivity index (χ4v) is 3.76. The number of hydrogen-bond acceptors (Lipinski definition) is 7. The lowest BCUT2D eigenvalue weighted by atomic mass is 10.2. The zero-order valence-electron chi connectivity index (χ0n) is 17.9. The standard InChI is InChI=1S/C22H25ClN4O4S/c1-15-5-6-16(23)12-18(15)25-22-26-19(14-32-22)21(29)27(13-17-4-3-10-31-17)9-7-20(28)24-8-11-30-2/h3-6,10,12,14H,7-9,11,13H2,1-2H3,(H,24,28)(H,25,26). The van der Waals surface area contributed by atoms with Crippen molar-refractivity contribution in [1.82, 2.24) is 15.2 Å². The van der Waals surface area contributed by atoms with Gasteiger partial charge in [0.25, 0.3) is 5.91 Å². The summed E-state index contributed by atoms with van der Waals surface area (Å²) in [5.41, 5.74) is 2.13. The smallest absolute Gasteiger partial charge is 0.273 e. The lowest BCUT2D eigenvalue weighted by molar-refractivity contribution is -0.121. The first kappa shape index (κ1) is 23.8. The largest absolute Gasteiger partial charge is 0.467 e. The van der Waals surface area contributed by atoms with Crippen LogP contribution in [0.4, 0.5) is 10.8 Å². The molecule has 0 bridgehead atoms. The van der Waals surface area contributed by atoms with Crippen molar-refractivity contribution >= 4 is 45.6 Å². The quantitative estimate of drug-likeness (QED) is 0.402. The van der Waals surface area contributed by atoms with E-state index in [1.165, 1.54) is 11.3 Å². The number of carbonyl (C=O) groups is 2. The summed E-state index contributed by atoms with van der Waals surface area (Å²) >= 11 is 7.40. The normalized spacial score (nSPS) is 10.7. The molecule has 0 radical (unpaired) electrons. The van der Waals surface area contributed by atoms with Gasteiger partial charge in [-0.15, -0.1) is 11.3 Å². The number of rotatable bonds is 11. The zero-order valence-corrected chi connectivity index (χ0v) is 19.5. The van der Waals surface area contributed by atoms with Crippen molar-refractivity contribution in [2.75, 3.05) is 32.1 Å². The maximum atomic E-state index is 13.2. The molecule has 0 spiro atoms. The molecule has 0 aliphatic rings. The van der Waals surface area contributed by atoms with Crippen molar-refractivity contribution < 1.29 is 18.7 Å². The van der Waals surface area contributed by atoms with Gasteiger partial charge in [-0.1, -0.05) is 17.7 Å². The minimum atomic E-state index is -0.279. The van der Waals surface area contributed by atoms with Gasteiger partial charge in [0, 0.05) is 42.7 Å². The highest BCUT2D eigenvalue weighted by atomic mass is 35.5. The maximum absolute atomic E-state index is 13.2. The predicted octanol–water partition coefficient (Wildman–Crippen LogP) is 4.24. The van der Waals surface area contributed by atoms with Crippen molar-refractivity contribution in [2.45, 2.75) is 19.9 Å². The second-order valence-corrected chi connectivity index (χ2v) is 8.32. The van der Waals surface area contributed by atoms with E-state index >= 15 is 0 Å². The summed E-state index contributed by atoms with van der Waals surface area (Å²) in [7, 11) is 1.57. The van der Waals surface area contributed by atoms with Crippen molar-refractivity contribution in [3.05, 3.63) is 64.0 Å². The van der Waals surface area contributed by atoms with Crippen LogP contribution >= 0.6 is 22.9 Å². The topological polar surface area (TPSA) is 96.7 Å². The number of ether oxygens (including phenoxy) is 1. The molecule has 0 unspecified atom stereocenters. The molecule has 170 valence electrons. The Hall–Kier alpha value is -2.88. The summed E-state index contributed by atoms with van der Waals surface area (Å²) in [5, 5.41) is 8.85. The Morgan fingerprint density at radius 2 is 2.16 bits per heavy atom. The Balaban J connectivity index is 1.68. The van der Waals surface area contributed by atoms with Gasteiger partial charge >= 0.3 is 0 Å².